The number of benzene rings is 1. The standard InChI is InChI=1S/C18H23ClN4O3/c1-25-15-9-14(16(26-2)8-13(15)19)22-17(24)11-23-7-3-4-12(10-23)18-20-5-6-21-18/h5-6,8-9,12H,3-4,7,10-11H2,1-2H3,(H,20,21)(H,22,24)/t12-/m0/s1. The van der Waals surface area contributed by atoms with Gasteiger partial charge in [-0.25, -0.2) is 4.98 Å². The molecule has 3 rings (SSSR count). The van der Waals surface area contributed by atoms with Gasteiger partial charge in [0.05, 0.1) is 31.5 Å². The first-order valence-corrected chi connectivity index (χ1v) is 8.91. The Labute approximate surface area is 157 Å². The highest BCUT2D eigenvalue weighted by molar-refractivity contribution is 6.32. The number of likely N-dealkylation sites (tertiary alicyclic amines) is 1. The van der Waals surface area contributed by atoms with Crippen molar-refractivity contribution in [2.45, 2.75) is 18.8 Å². The number of carbonyl (C=O) groups excluding carboxylic acids is 1. The Bertz CT molecular complexity index is 751. The van der Waals surface area contributed by atoms with Gasteiger partial charge in [0, 0.05) is 37.0 Å². The Morgan fingerprint density at radius 1 is 1.38 bits per heavy atom. The molecule has 2 aromatic rings. The van der Waals surface area contributed by atoms with Crippen molar-refractivity contribution in [2.24, 2.45) is 0 Å². The predicted molar refractivity (Wildman–Crippen MR) is 100 cm³/mol. The van der Waals surface area contributed by atoms with Crippen LogP contribution in [0.2, 0.25) is 5.02 Å². The lowest BCUT2D eigenvalue weighted by Crippen LogP contribution is -2.40. The van der Waals surface area contributed by atoms with E-state index in [2.05, 4.69) is 20.2 Å². The van der Waals surface area contributed by atoms with Gasteiger partial charge in [0.2, 0.25) is 5.91 Å². The van der Waals surface area contributed by atoms with Crippen LogP contribution in [0.1, 0.15) is 24.6 Å². The van der Waals surface area contributed by atoms with E-state index in [1.807, 2.05) is 6.20 Å². The quantitative estimate of drug-likeness (QED) is 0.808. The maximum absolute atomic E-state index is 12.5. The fraction of sp³-hybridized carbons (Fsp3) is 0.444. The zero-order valence-corrected chi connectivity index (χ0v) is 15.7. The number of aromatic amines is 1. The molecule has 2 N–H and O–H groups in total. The number of ether oxygens (including phenoxy) is 2. The van der Waals surface area contributed by atoms with Gasteiger partial charge in [0.1, 0.15) is 17.3 Å². The van der Waals surface area contributed by atoms with Gasteiger partial charge >= 0.3 is 0 Å². The Kier molecular flexibility index (Phi) is 6.00. The Balaban J connectivity index is 1.63. The summed E-state index contributed by atoms with van der Waals surface area (Å²) in [5.74, 6) is 2.19. The van der Waals surface area contributed by atoms with E-state index in [0.717, 1.165) is 31.8 Å². The van der Waals surface area contributed by atoms with Crippen LogP contribution in [-0.4, -0.2) is 54.6 Å². The zero-order valence-electron chi connectivity index (χ0n) is 14.9. The van der Waals surface area contributed by atoms with Crippen LogP contribution in [0.4, 0.5) is 5.69 Å². The van der Waals surface area contributed by atoms with Crippen LogP contribution in [-0.2, 0) is 4.79 Å². The number of methoxy groups -OCH3 is 2. The normalized spacial score (nSPS) is 17.7. The molecule has 1 saturated heterocycles. The Hall–Kier alpha value is -2.25. The Morgan fingerprint density at radius 2 is 2.19 bits per heavy atom. The van der Waals surface area contributed by atoms with Crippen molar-refractivity contribution < 1.29 is 14.3 Å². The summed E-state index contributed by atoms with van der Waals surface area (Å²) in [7, 11) is 3.06. The fourth-order valence-electron chi connectivity index (χ4n) is 3.27. The lowest BCUT2D eigenvalue weighted by molar-refractivity contribution is -0.117. The summed E-state index contributed by atoms with van der Waals surface area (Å²) in [5, 5.41) is 3.32. The molecule has 1 aliphatic heterocycles. The lowest BCUT2D eigenvalue weighted by Gasteiger charge is -2.31. The number of hydrogen-bond acceptors (Lipinski definition) is 5. The maximum Gasteiger partial charge on any atom is 0.238 e. The summed E-state index contributed by atoms with van der Waals surface area (Å²) < 4.78 is 10.5. The van der Waals surface area contributed by atoms with E-state index >= 15 is 0 Å². The Morgan fingerprint density at radius 3 is 2.88 bits per heavy atom. The van der Waals surface area contributed by atoms with Crippen molar-refractivity contribution in [3.05, 3.63) is 35.4 Å². The molecule has 0 radical (unpaired) electrons. The lowest BCUT2D eigenvalue weighted by atomic mass is 9.97. The molecule has 1 atom stereocenters. The second kappa shape index (κ2) is 8.42. The number of hydrogen-bond donors (Lipinski definition) is 2. The van der Waals surface area contributed by atoms with Gasteiger partial charge in [-0.2, -0.15) is 0 Å². The van der Waals surface area contributed by atoms with Crippen LogP contribution < -0.4 is 14.8 Å². The summed E-state index contributed by atoms with van der Waals surface area (Å²) in [6.07, 6.45) is 5.72. The summed E-state index contributed by atoms with van der Waals surface area (Å²) in [6.45, 7) is 2.01. The maximum atomic E-state index is 12.5. The molecule has 8 heteroatoms. The van der Waals surface area contributed by atoms with Crippen molar-refractivity contribution in [2.75, 3.05) is 39.2 Å². The molecule has 0 aliphatic carbocycles. The van der Waals surface area contributed by atoms with Crippen LogP contribution in [0.15, 0.2) is 24.5 Å². The van der Waals surface area contributed by atoms with Crippen LogP contribution in [0.3, 0.4) is 0 Å². The highest BCUT2D eigenvalue weighted by Crippen LogP contribution is 2.35. The van der Waals surface area contributed by atoms with Gasteiger partial charge in [-0.1, -0.05) is 11.6 Å². The van der Waals surface area contributed by atoms with E-state index in [1.165, 1.54) is 14.2 Å². The van der Waals surface area contributed by atoms with E-state index in [4.69, 9.17) is 21.1 Å². The van der Waals surface area contributed by atoms with Crippen molar-refractivity contribution in [1.29, 1.82) is 0 Å². The SMILES string of the molecule is COc1cc(NC(=O)CN2CCC[C@H](c3ncc[nH]3)C2)c(OC)cc1Cl. The monoisotopic (exact) mass is 378 g/mol. The number of H-pyrrole nitrogens is 1. The number of carbonyl (C=O) groups is 1. The van der Waals surface area contributed by atoms with Crippen molar-refractivity contribution in [1.82, 2.24) is 14.9 Å². The molecule has 0 spiro atoms. The first kappa shape index (κ1) is 18.5. The number of rotatable bonds is 6. The highest BCUT2D eigenvalue weighted by Gasteiger charge is 2.24. The number of nitrogens with one attached hydrogen (secondary N) is 2. The molecule has 1 aromatic heterocycles. The van der Waals surface area contributed by atoms with Crippen LogP contribution in [0, 0.1) is 0 Å². The van der Waals surface area contributed by atoms with E-state index in [-0.39, 0.29) is 5.91 Å². The van der Waals surface area contributed by atoms with E-state index < -0.39 is 0 Å². The van der Waals surface area contributed by atoms with Crippen LogP contribution in [0.25, 0.3) is 0 Å². The molecular formula is C18H23ClN4O3. The topological polar surface area (TPSA) is 79.5 Å². The molecule has 1 amide bonds. The number of aromatic nitrogens is 2. The molecule has 26 heavy (non-hydrogen) atoms. The number of amides is 1. The molecule has 2 heterocycles. The van der Waals surface area contributed by atoms with Crippen molar-refractivity contribution in [3.8, 4) is 11.5 Å². The minimum absolute atomic E-state index is 0.104. The molecule has 7 nitrogen and oxygen atoms in total. The molecular weight excluding hydrogens is 356 g/mol. The average Bonchev–Trinajstić information content (AvgIpc) is 3.17. The van der Waals surface area contributed by atoms with E-state index in [0.29, 0.717) is 34.7 Å². The number of piperidine rings is 1. The summed E-state index contributed by atoms with van der Waals surface area (Å²) in [6, 6.07) is 3.30. The third-order valence-corrected chi connectivity index (χ3v) is 4.82. The summed E-state index contributed by atoms with van der Waals surface area (Å²) >= 11 is 6.10. The number of imidazole rings is 1. The molecule has 1 aliphatic rings. The largest absolute Gasteiger partial charge is 0.495 e. The number of nitrogens with zero attached hydrogens (tertiary/aromatic N) is 2. The number of halogens is 1. The predicted octanol–water partition coefficient (Wildman–Crippen LogP) is 2.90. The van der Waals surface area contributed by atoms with Gasteiger partial charge in [-0.3, -0.25) is 9.69 Å². The molecule has 140 valence electrons. The first-order chi connectivity index (χ1) is 12.6. The number of anilines is 1. The average molecular weight is 379 g/mol. The van der Waals surface area contributed by atoms with E-state index in [9.17, 15) is 4.79 Å². The third-order valence-electron chi connectivity index (χ3n) is 4.53. The molecule has 0 unspecified atom stereocenters. The smallest absolute Gasteiger partial charge is 0.238 e. The molecule has 1 fully saturated rings. The van der Waals surface area contributed by atoms with Crippen molar-refractivity contribution in [3.63, 3.8) is 0 Å². The molecule has 1 aromatic carbocycles. The minimum Gasteiger partial charge on any atom is -0.495 e. The van der Waals surface area contributed by atoms with Gasteiger partial charge in [-0.15, -0.1) is 0 Å². The first-order valence-electron chi connectivity index (χ1n) is 8.53. The third kappa shape index (κ3) is 4.28. The van der Waals surface area contributed by atoms with Crippen LogP contribution >= 0.6 is 11.6 Å². The van der Waals surface area contributed by atoms with Gasteiger partial charge in [-0.05, 0) is 19.4 Å². The van der Waals surface area contributed by atoms with Crippen molar-refractivity contribution >= 4 is 23.2 Å². The highest BCUT2D eigenvalue weighted by atomic mass is 35.5. The van der Waals surface area contributed by atoms with E-state index in [1.54, 1.807) is 18.3 Å². The zero-order chi connectivity index (χ0) is 18.5. The second-order valence-corrected chi connectivity index (χ2v) is 6.69. The van der Waals surface area contributed by atoms with Gasteiger partial charge in [0.15, 0.2) is 0 Å². The van der Waals surface area contributed by atoms with Crippen LogP contribution in [0.5, 0.6) is 11.5 Å². The molecule has 0 saturated carbocycles. The molecule has 0 bridgehead atoms. The summed E-state index contributed by atoms with van der Waals surface area (Å²) in [4.78, 5) is 22.2. The second-order valence-electron chi connectivity index (χ2n) is 6.28. The summed E-state index contributed by atoms with van der Waals surface area (Å²) in [5.41, 5.74) is 0.540. The fourth-order valence-corrected chi connectivity index (χ4v) is 3.50. The van der Waals surface area contributed by atoms with Gasteiger partial charge < -0.3 is 19.8 Å². The minimum atomic E-state index is -0.104. The van der Waals surface area contributed by atoms with Gasteiger partial charge in [0.25, 0.3) is 0 Å².